The minimum absolute atomic E-state index is 0.0188. The molecule has 2 heterocycles. The number of hydrogen-bond acceptors (Lipinski definition) is 9. The number of nitrogens with one attached hydrogen (secondary N) is 1. The van der Waals surface area contributed by atoms with Crippen molar-refractivity contribution >= 4 is 40.3 Å². The van der Waals surface area contributed by atoms with Gasteiger partial charge in [0.25, 0.3) is 5.91 Å². The van der Waals surface area contributed by atoms with Gasteiger partial charge in [-0.1, -0.05) is 12.1 Å². The second-order valence-electron chi connectivity index (χ2n) is 9.21. The minimum Gasteiger partial charge on any atom is -0.493 e. The fourth-order valence-electron chi connectivity index (χ4n) is 4.14. The number of carboxylic acids is 1. The van der Waals surface area contributed by atoms with Gasteiger partial charge in [-0.15, -0.1) is 0 Å². The van der Waals surface area contributed by atoms with E-state index in [4.69, 9.17) is 30.1 Å². The van der Waals surface area contributed by atoms with Crippen LogP contribution in [0.25, 0.3) is 10.9 Å². The number of ketones is 1. The summed E-state index contributed by atoms with van der Waals surface area (Å²) in [6, 6.07) is 10.3. The number of amides is 1. The molecule has 1 amide bonds. The van der Waals surface area contributed by atoms with Gasteiger partial charge < -0.3 is 30.5 Å². The Kier molecular flexibility index (Phi) is 9.92. The van der Waals surface area contributed by atoms with Crippen LogP contribution >= 0.6 is 0 Å². The highest BCUT2D eigenvalue weighted by molar-refractivity contribution is 5.97. The second-order valence-corrected chi connectivity index (χ2v) is 9.21. The summed E-state index contributed by atoms with van der Waals surface area (Å²) in [4.78, 5) is 44.1. The Balaban J connectivity index is 0.000000587. The Morgan fingerprint density at radius 3 is 2.07 bits per heavy atom. The van der Waals surface area contributed by atoms with Gasteiger partial charge in [0, 0.05) is 42.2 Å². The number of hydrogen-bond donors (Lipinski definition) is 3. The number of carbonyl (C=O) groups excluding carboxylic acids is 2. The number of aliphatic carboxylic acids is 1. The van der Waals surface area contributed by atoms with Crippen molar-refractivity contribution in [2.24, 2.45) is 5.92 Å². The average Bonchev–Trinajstić information content (AvgIpc) is 2.95. The third-order valence-corrected chi connectivity index (χ3v) is 6.46. The lowest BCUT2D eigenvalue weighted by atomic mass is 9.97. The summed E-state index contributed by atoms with van der Waals surface area (Å²) in [7, 11) is 3.16. The first-order valence-corrected chi connectivity index (χ1v) is 12.5. The van der Waals surface area contributed by atoms with Crippen LogP contribution in [0.5, 0.6) is 11.5 Å². The molecule has 0 unspecified atom stereocenters. The van der Waals surface area contributed by atoms with Gasteiger partial charge in [-0.05, 0) is 43.9 Å². The summed E-state index contributed by atoms with van der Waals surface area (Å²) in [5.41, 5.74) is 8.07. The molecule has 1 saturated heterocycles. The van der Waals surface area contributed by atoms with Crippen LogP contribution in [0.3, 0.4) is 0 Å². The lowest BCUT2D eigenvalue weighted by Crippen LogP contribution is -2.39. The molecule has 1 aliphatic rings. The molecule has 1 aliphatic heterocycles. The van der Waals surface area contributed by atoms with Gasteiger partial charge in [0.15, 0.2) is 17.3 Å². The van der Waals surface area contributed by atoms with E-state index in [0.717, 1.165) is 31.3 Å². The number of carboxylic acid groups (broad SMARTS) is 1. The number of alkyl halides is 3. The van der Waals surface area contributed by atoms with E-state index in [0.29, 0.717) is 52.4 Å². The number of methoxy groups -OCH3 is 2. The van der Waals surface area contributed by atoms with Crippen molar-refractivity contribution in [3.05, 3.63) is 47.5 Å². The molecular formula is C27H30F3N5O6. The zero-order valence-corrected chi connectivity index (χ0v) is 22.6. The lowest BCUT2D eigenvalue weighted by Gasteiger charge is -2.32. The number of carbonyl (C=O) groups is 3. The highest BCUT2D eigenvalue weighted by atomic mass is 19.4. The van der Waals surface area contributed by atoms with Gasteiger partial charge in [-0.2, -0.15) is 18.2 Å². The third-order valence-electron chi connectivity index (χ3n) is 6.46. The SMILES string of the molecule is COc1cc2nc(N3CCC(CNC(=O)c4ccc(C(C)=O)cc4)CC3)nc(N)c2cc1OC.O=C(O)C(F)(F)F. The maximum absolute atomic E-state index is 12.5. The number of Topliss-reactive ketones (excluding diaryl/α,β-unsaturated/α-hetero) is 1. The molecule has 0 atom stereocenters. The molecule has 0 spiro atoms. The Morgan fingerprint density at radius 1 is 1.02 bits per heavy atom. The maximum Gasteiger partial charge on any atom is 0.490 e. The Labute approximate surface area is 233 Å². The van der Waals surface area contributed by atoms with E-state index in [9.17, 15) is 22.8 Å². The predicted octanol–water partition coefficient (Wildman–Crippen LogP) is 3.71. The smallest absolute Gasteiger partial charge is 0.490 e. The van der Waals surface area contributed by atoms with Gasteiger partial charge in [-0.25, -0.2) is 9.78 Å². The summed E-state index contributed by atoms with van der Waals surface area (Å²) in [5.74, 6) is -0.398. The van der Waals surface area contributed by atoms with Gasteiger partial charge >= 0.3 is 12.1 Å². The summed E-state index contributed by atoms with van der Waals surface area (Å²) >= 11 is 0. The maximum atomic E-state index is 12.5. The van der Waals surface area contributed by atoms with E-state index in [1.165, 1.54) is 6.92 Å². The van der Waals surface area contributed by atoms with Gasteiger partial charge in [-0.3, -0.25) is 9.59 Å². The minimum atomic E-state index is -5.08. The molecule has 0 aliphatic carbocycles. The van der Waals surface area contributed by atoms with E-state index < -0.39 is 12.1 Å². The predicted molar refractivity (Wildman–Crippen MR) is 144 cm³/mol. The van der Waals surface area contributed by atoms with Crippen molar-refractivity contribution in [1.82, 2.24) is 15.3 Å². The zero-order valence-electron chi connectivity index (χ0n) is 22.6. The number of halogens is 3. The molecule has 41 heavy (non-hydrogen) atoms. The number of ether oxygens (including phenoxy) is 2. The number of aromatic nitrogens is 2. The van der Waals surface area contributed by atoms with Crippen LogP contribution in [0.4, 0.5) is 24.9 Å². The first-order valence-electron chi connectivity index (χ1n) is 12.5. The Morgan fingerprint density at radius 2 is 1.56 bits per heavy atom. The number of nitrogen functional groups attached to an aromatic ring is 1. The van der Waals surface area contributed by atoms with E-state index in [1.54, 1.807) is 50.6 Å². The quantitative estimate of drug-likeness (QED) is 0.354. The standard InChI is InChI=1S/C25H29N5O4.C2HF3O2/c1-15(31)17-4-6-18(7-5-17)24(32)27-14-16-8-10-30(11-9-16)25-28-20-13-22(34-3)21(33-2)12-19(20)23(26)29-25;3-2(4,5)1(6)7/h4-7,12-13,16H,8-11,14H2,1-3H3,(H,27,32)(H2,26,28,29);(H,6,7). The van der Waals surface area contributed by atoms with Crippen molar-refractivity contribution in [2.75, 3.05) is 44.5 Å². The van der Waals surface area contributed by atoms with E-state index in [-0.39, 0.29) is 11.7 Å². The van der Waals surface area contributed by atoms with Crippen molar-refractivity contribution < 1.29 is 42.1 Å². The van der Waals surface area contributed by atoms with Crippen molar-refractivity contribution in [2.45, 2.75) is 25.9 Å². The number of benzene rings is 2. The zero-order chi connectivity index (χ0) is 30.3. The normalized spacial score (nSPS) is 13.7. The highest BCUT2D eigenvalue weighted by Gasteiger charge is 2.38. The van der Waals surface area contributed by atoms with E-state index in [1.807, 2.05) is 0 Å². The summed E-state index contributed by atoms with van der Waals surface area (Å²) < 4.78 is 42.5. The average molecular weight is 578 g/mol. The number of rotatable bonds is 7. The van der Waals surface area contributed by atoms with Gasteiger partial charge in [0.05, 0.1) is 19.7 Å². The Bertz CT molecular complexity index is 1410. The number of fused-ring (bicyclic) bond motifs is 1. The number of piperidine rings is 1. The lowest BCUT2D eigenvalue weighted by molar-refractivity contribution is -0.192. The molecule has 0 saturated carbocycles. The van der Waals surface area contributed by atoms with E-state index in [2.05, 4.69) is 15.2 Å². The highest BCUT2D eigenvalue weighted by Crippen LogP contribution is 2.34. The molecule has 4 N–H and O–H groups in total. The van der Waals surface area contributed by atoms with Crippen molar-refractivity contribution in [3.63, 3.8) is 0 Å². The monoisotopic (exact) mass is 577 g/mol. The first-order chi connectivity index (χ1) is 19.3. The molecule has 4 rings (SSSR count). The summed E-state index contributed by atoms with van der Waals surface area (Å²) in [6.45, 7) is 3.64. The van der Waals surface area contributed by atoms with Crippen LogP contribution in [-0.2, 0) is 4.79 Å². The molecule has 220 valence electrons. The molecular weight excluding hydrogens is 547 g/mol. The molecule has 1 fully saturated rings. The number of anilines is 2. The van der Waals surface area contributed by atoms with Crippen LogP contribution < -0.4 is 25.4 Å². The molecule has 3 aromatic rings. The van der Waals surface area contributed by atoms with Crippen molar-refractivity contribution in [1.29, 1.82) is 0 Å². The summed E-state index contributed by atoms with van der Waals surface area (Å²) in [5, 5.41) is 10.9. The first kappa shape index (κ1) is 30.9. The largest absolute Gasteiger partial charge is 0.493 e. The van der Waals surface area contributed by atoms with E-state index >= 15 is 0 Å². The molecule has 2 aromatic carbocycles. The van der Waals surface area contributed by atoms with Gasteiger partial charge in [0.2, 0.25) is 5.95 Å². The van der Waals surface area contributed by atoms with Crippen LogP contribution in [-0.4, -0.2) is 72.8 Å². The number of nitrogens with zero attached hydrogens (tertiary/aromatic N) is 3. The molecule has 1 aromatic heterocycles. The van der Waals surface area contributed by atoms with Crippen LogP contribution in [0, 0.1) is 5.92 Å². The molecule has 0 radical (unpaired) electrons. The van der Waals surface area contributed by atoms with Gasteiger partial charge in [0.1, 0.15) is 5.82 Å². The molecule has 0 bridgehead atoms. The van der Waals surface area contributed by atoms with Crippen LogP contribution in [0.1, 0.15) is 40.5 Å². The molecule has 14 heteroatoms. The topological polar surface area (TPSA) is 157 Å². The number of nitrogens with two attached hydrogens (primary N) is 1. The fourth-order valence-corrected chi connectivity index (χ4v) is 4.14. The van der Waals surface area contributed by atoms with Crippen molar-refractivity contribution in [3.8, 4) is 11.5 Å². The second kappa shape index (κ2) is 13.2. The van der Waals surface area contributed by atoms with Crippen LogP contribution in [0.2, 0.25) is 0 Å². The fraction of sp³-hybridized carbons (Fsp3) is 0.370. The summed E-state index contributed by atoms with van der Waals surface area (Å²) in [6.07, 6.45) is -3.28. The molecule has 11 nitrogen and oxygen atoms in total. The third kappa shape index (κ3) is 7.96. The van der Waals surface area contributed by atoms with Crippen LogP contribution in [0.15, 0.2) is 36.4 Å². The Hall–Kier alpha value is -4.62.